The number of epoxide rings is 2. The van der Waals surface area contributed by atoms with Crippen LogP contribution in [0.4, 0.5) is 0 Å². The van der Waals surface area contributed by atoms with Crippen LogP contribution in [0.1, 0.15) is 38.1 Å². The van der Waals surface area contributed by atoms with Gasteiger partial charge in [-0.15, -0.1) is 0 Å². The van der Waals surface area contributed by atoms with E-state index in [2.05, 4.69) is 0 Å². The lowest BCUT2D eigenvalue weighted by molar-refractivity contribution is 0.0734. The van der Waals surface area contributed by atoms with Gasteiger partial charge in [-0.3, -0.25) is 0 Å². The van der Waals surface area contributed by atoms with Crippen molar-refractivity contribution in [2.75, 3.05) is 13.2 Å². The van der Waals surface area contributed by atoms with E-state index >= 15 is 0 Å². The van der Waals surface area contributed by atoms with E-state index in [9.17, 15) is 4.79 Å². The van der Waals surface area contributed by atoms with E-state index in [4.69, 9.17) is 23.7 Å². The minimum atomic E-state index is -0.428. The van der Waals surface area contributed by atoms with Gasteiger partial charge in [-0.1, -0.05) is 0 Å². The van der Waals surface area contributed by atoms with Gasteiger partial charge >= 0.3 is 5.97 Å². The highest BCUT2D eigenvalue weighted by molar-refractivity contribution is 5.91. The zero-order chi connectivity index (χ0) is 20.6. The molecule has 0 radical (unpaired) electrons. The van der Waals surface area contributed by atoms with E-state index < -0.39 is 5.97 Å². The Balaban J connectivity index is 1.31. The Morgan fingerprint density at radius 2 is 1.17 bits per heavy atom. The van der Waals surface area contributed by atoms with Gasteiger partial charge in [-0.2, -0.15) is 0 Å². The van der Waals surface area contributed by atoms with Gasteiger partial charge < -0.3 is 23.7 Å². The number of ether oxygens (including phenoxy) is 5. The van der Waals surface area contributed by atoms with Crippen molar-refractivity contribution in [3.05, 3.63) is 54.1 Å². The summed E-state index contributed by atoms with van der Waals surface area (Å²) in [5, 5.41) is 0. The summed E-state index contributed by atoms with van der Waals surface area (Å²) in [4.78, 5) is 12.4. The average molecular weight is 398 g/mol. The van der Waals surface area contributed by atoms with Crippen molar-refractivity contribution in [1.29, 1.82) is 0 Å². The van der Waals surface area contributed by atoms with Crippen LogP contribution in [0.3, 0.4) is 0 Å². The van der Waals surface area contributed by atoms with Crippen LogP contribution in [0.25, 0.3) is 0 Å². The summed E-state index contributed by atoms with van der Waals surface area (Å²) in [6, 6.07) is 13.9. The molecule has 6 heteroatoms. The predicted octanol–water partition coefficient (Wildman–Crippen LogP) is 4.02. The van der Waals surface area contributed by atoms with Crippen molar-refractivity contribution in [2.45, 2.75) is 51.1 Å². The molecule has 4 unspecified atom stereocenters. The molecule has 0 aromatic heterocycles. The number of benzene rings is 2. The van der Waals surface area contributed by atoms with E-state index in [0.29, 0.717) is 36.0 Å². The Bertz CT molecular complexity index is 865. The third-order valence-electron chi connectivity index (χ3n) is 5.67. The molecule has 2 aliphatic heterocycles. The van der Waals surface area contributed by atoms with Crippen LogP contribution in [0, 0.1) is 0 Å². The van der Waals surface area contributed by atoms with Crippen molar-refractivity contribution in [1.82, 2.24) is 0 Å². The van der Waals surface area contributed by atoms with Crippen molar-refractivity contribution >= 4 is 5.97 Å². The predicted molar refractivity (Wildman–Crippen MR) is 107 cm³/mol. The first kappa shape index (κ1) is 19.7. The second kappa shape index (κ2) is 7.35. The molecule has 6 nitrogen and oxygen atoms in total. The summed E-state index contributed by atoms with van der Waals surface area (Å²) in [5.41, 5.74) is 0.0308. The summed E-state index contributed by atoms with van der Waals surface area (Å²) in [6.45, 7) is 9.40. The van der Waals surface area contributed by atoms with Gasteiger partial charge in [0.05, 0.1) is 18.8 Å². The Hall–Kier alpha value is -2.57. The van der Waals surface area contributed by atoms with Gasteiger partial charge in [-0.25, -0.2) is 4.79 Å². The molecule has 2 aromatic rings. The maximum atomic E-state index is 12.4. The van der Waals surface area contributed by atoms with Crippen LogP contribution in [-0.2, 0) is 9.47 Å². The Labute approximate surface area is 170 Å². The van der Waals surface area contributed by atoms with Crippen molar-refractivity contribution in [2.24, 2.45) is 0 Å². The zero-order valence-electron chi connectivity index (χ0n) is 17.1. The fourth-order valence-electron chi connectivity index (χ4n) is 2.78. The normalized spacial score (nSPS) is 26.9. The van der Waals surface area contributed by atoms with Crippen molar-refractivity contribution in [3.8, 4) is 17.2 Å². The minimum absolute atomic E-state index is 0.0478. The molecule has 29 heavy (non-hydrogen) atoms. The molecule has 2 fully saturated rings. The first-order valence-electron chi connectivity index (χ1n) is 9.81. The van der Waals surface area contributed by atoms with Gasteiger partial charge in [0, 0.05) is 0 Å². The number of carbonyl (C=O) groups is 1. The maximum Gasteiger partial charge on any atom is 0.343 e. The molecule has 0 spiro atoms. The highest BCUT2D eigenvalue weighted by Gasteiger charge is 2.47. The number of rotatable bonds is 8. The third-order valence-corrected chi connectivity index (χ3v) is 5.67. The SMILES string of the molecule is CC(Oc1ccc(OC(=O)c2ccc(OC(C)C3(C)CO3)cc2)cc1)C1(C)CO1. The molecule has 0 aliphatic carbocycles. The van der Waals surface area contributed by atoms with E-state index in [1.165, 1.54) is 0 Å². The topological polar surface area (TPSA) is 69.8 Å². The highest BCUT2D eigenvalue weighted by Crippen LogP contribution is 2.34. The fourth-order valence-corrected chi connectivity index (χ4v) is 2.78. The average Bonchev–Trinajstić information content (AvgIpc) is 3.63. The highest BCUT2D eigenvalue weighted by atomic mass is 16.6. The second-order valence-corrected chi connectivity index (χ2v) is 8.11. The van der Waals surface area contributed by atoms with Gasteiger partial charge in [-0.05, 0) is 76.2 Å². The number of hydrogen-bond donors (Lipinski definition) is 0. The van der Waals surface area contributed by atoms with E-state index in [0.717, 1.165) is 0 Å². The smallest absolute Gasteiger partial charge is 0.343 e. The van der Waals surface area contributed by atoms with Crippen LogP contribution in [0.2, 0.25) is 0 Å². The molecule has 4 atom stereocenters. The van der Waals surface area contributed by atoms with Gasteiger partial charge in [0.1, 0.15) is 40.7 Å². The number of esters is 1. The second-order valence-electron chi connectivity index (χ2n) is 8.11. The quantitative estimate of drug-likeness (QED) is 0.380. The first-order chi connectivity index (χ1) is 13.8. The van der Waals surface area contributed by atoms with Gasteiger partial charge in [0.2, 0.25) is 0 Å². The van der Waals surface area contributed by atoms with Crippen LogP contribution in [0.15, 0.2) is 48.5 Å². The molecule has 2 aliphatic rings. The molecule has 154 valence electrons. The Morgan fingerprint density at radius 1 is 0.793 bits per heavy atom. The molecule has 0 bridgehead atoms. The molecule has 0 saturated carbocycles. The molecule has 2 saturated heterocycles. The first-order valence-corrected chi connectivity index (χ1v) is 9.81. The summed E-state index contributed by atoms with van der Waals surface area (Å²) in [7, 11) is 0. The van der Waals surface area contributed by atoms with E-state index in [1.807, 2.05) is 27.7 Å². The largest absolute Gasteiger partial charge is 0.488 e. The molecule has 2 aromatic carbocycles. The van der Waals surface area contributed by atoms with Crippen molar-refractivity contribution in [3.63, 3.8) is 0 Å². The molecule has 4 rings (SSSR count). The Morgan fingerprint density at radius 3 is 1.59 bits per heavy atom. The zero-order valence-corrected chi connectivity index (χ0v) is 17.1. The lowest BCUT2D eigenvalue weighted by Gasteiger charge is -2.18. The number of carbonyl (C=O) groups excluding carboxylic acids is 1. The minimum Gasteiger partial charge on any atom is -0.488 e. The van der Waals surface area contributed by atoms with Crippen LogP contribution < -0.4 is 14.2 Å². The van der Waals surface area contributed by atoms with Gasteiger partial charge in [0.15, 0.2) is 0 Å². The Kier molecular flexibility index (Phi) is 5.00. The molecule has 0 N–H and O–H groups in total. The van der Waals surface area contributed by atoms with Crippen LogP contribution >= 0.6 is 0 Å². The summed E-state index contributed by atoms with van der Waals surface area (Å²) in [5.74, 6) is 1.42. The standard InChI is InChI=1S/C23H26O6/c1-15(22(3)13-25-22)27-18-7-5-17(6-8-18)21(24)29-20-11-9-19(10-12-20)28-16(2)23(4)14-26-23/h5-12,15-16H,13-14H2,1-4H3. The third kappa shape index (κ3) is 4.54. The summed E-state index contributed by atoms with van der Waals surface area (Å²) < 4.78 is 28.0. The van der Waals surface area contributed by atoms with Crippen LogP contribution in [-0.4, -0.2) is 42.6 Å². The molecule has 0 amide bonds. The fraction of sp³-hybridized carbons (Fsp3) is 0.435. The molecular weight excluding hydrogens is 372 g/mol. The summed E-state index contributed by atoms with van der Waals surface area (Å²) >= 11 is 0. The molecular formula is C23H26O6. The maximum absolute atomic E-state index is 12.4. The van der Waals surface area contributed by atoms with E-state index in [-0.39, 0.29) is 23.4 Å². The lowest BCUT2D eigenvalue weighted by Crippen LogP contribution is -2.29. The van der Waals surface area contributed by atoms with Crippen molar-refractivity contribution < 1.29 is 28.5 Å². The summed E-state index contributed by atoms with van der Waals surface area (Å²) in [6.07, 6.45) is -0.105. The lowest BCUT2D eigenvalue weighted by atomic mass is 10.1. The monoisotopic (exact) mass is 398 g/mol. The van der Waals surface area contributed by atoms with E-state index in [1.54, 1.807) is 48.5 Å². The number of hydrogen-bond acceptors (Lipinski definition) is 6. The van der Waals surface area contributed by atoms with Crippen LogP contribution in [0.5, 0.6) is 17.2 Å². The molecule has 2 heterocycles. The van der Waals surface area contributed by atoms with Gasteiger partial charge in [0.25, 0.3) is 0 Å².